The van der Waals surface area contributed by atoms with Gasteiger partial charge in [0.25, 0.3) is 0 Å². The van der Waals surface area contributed by atoms with Gasteiger partial charge in [0.15, 0.2) is 0 Å². The molecule has 0 unspecified atom stereocenters. The first kappa shape index (κ1) is 24.0. The third-order valence-corrected chi connectivity index (χ3v) is 7.31. The van der Waals surface area contributed by atoms with Crippen LogP contribution < -0.4 is 4.72 Å². The van der Waals surface area contributed by atoms with E-state index in [-0.39, 0.29) is 23.5 Å². The second-order valence-electron chi connectivity index (χ2n) is 8.31. The van der Waals surface area contributed by atoms with E-state index in [2.05, 4.69) is 4.72 Å². The van der Waals surface area contributed by atoms with Gasteiger partial charge in [-0.05, 0) is 36.5 Å². The molecule has 3 rings (SSSR count). The average molecular weight is 472 g/mol. The minimum atomic E-state index is -3.66. The lowest BCUT2D eigenvalue weighted by atomic mass is 10.0. The van der Waals surface area contributed by atoms with Gasteiger partial charge in [-0.15, -0.1) is 0 Å². The van der Waals surface area contributed by atoms with Crippen molar-refractivity contribution >= 4 is 33.4 Å². The summed E-state index contributed by atoms with van der Waals surface area (Å²) in [7, 11) is -3.66. The van der Waals surface area contributed by atoms with Gasteiger partial charge >= 0.3 is 0 Å². The summed E-state index contributed by atoms with van der Waals surface area (Å²) in [5, 5.41) is 0.590. The summed E-state index contributed by atoms with van der Waals surface area (Å²) in [6, 6.07) is 5.55. The molecule has 0 spiro atoms. The van der Waals surface area contributed by atoms with E-state index in [0.29, 0.717) is 50.7 Å². The van der Waals surface area contributed by atoms with Crippen LogP contribution in [-0.4, -0.2) is 80.7 Å². The van der Waals surface area contributed by atoms with Gasteiger partial charge in [0.05, 0.1) is 19.0 Å². The van der Waals surface area contributed by atoms with E-state index >= 15 is 0 Å². The first-order valence-corrected chi connectivity index (χ1v) is 12.6. The van der Waals surface area contributed by atoms with Crippen LogP contribution in [0.3, 0.4) is 0 Å². The van der Waals surface area contributed by atoms with Crippen molar-refractivity contribution in [1.29, 1.82) is 0 Å². The topological polar surface area (TPSA) is 96.0 Å². The second-order valence-corrected chi connectivity index (χ2v) is 10.6. The number of carbonyl (C=O) groups excluding carboxylic acids is 2. The minimum Gasteiger partial charge on any atom is -0.378 e. The molecule has 0 saturated carbocycles. The number of hydrogen-bond acceptors (Lipinski definition) is 5. The standard InChI is InChI=1S/C21H30ClN3O5S/c1-15(2)19(21(27)24-10-12-30-13-11-24)25-9-7-18(20(25)26)23-31(28,29)14-8-16-3-5-17(22)6-4-16/h3-6,15,18-19,23H,7-14H2,1-2H3/t18-,19-/m0/s1. The number of sulfonamides is 1. The molecule has 8 nitrogen and oxygen atoms in total. The molecule has 0 bridgehead atoms. The Labute approximate surface area is 188 Å². The Hall–Kier alpha value is -1.68. The Morgan fingerprint density at radius 1 is 1.19 bits per heavy atom. The molecule has 2 fully saturated rings. The Morgan fingerprint density at radius 3 is 2.45 bits per heavy atom. The van der Waals surface area contributed by atoms with Crippen LogP contribution in [0.1, 0.15) is 25.8 Å². The van der Waals surface area contributed by atoms with Crippen molar-refractivity contribution in [2.75, 3.05) is 38.6 Å². The monoisotopic (exact) mass is 471 g/mol. The molecule has 1 N–H and O–H groups in total. The zero-order valence-electron chi connectivity index (χ0n) is 17.9. The number of likely N-dealkylation sites (tertiary alicyclic amines) is 1. The predicted octanol–water partition coefficient (Wildman–Crippen LogP) is 1.29. The Balaban J connectivity index is 1.61. The number of nitrogens with one attached hydrogen (secondary N) is 1. The SMILES string of the molecule is CC(C)[C@@H](C(=O)N1CCOCC1)N1CC[C@H](NS(=O)(=O)CCc2ccc(Cl)cc2)C1=O. The summed E-state index contributed by atoms with van der Waals surface area (Å²) in [6.07, 6.45) is 0.667. The van der Waals surface area contributed by atoms with Crippen LogP contribution in [0, 0.1) is 5.92 Å². The van der Waals surface area contributed by atoms with Gasteiger partial charge < -0.3 is 14.5 Å². The summed E-state index contributed by atoms with van der Waals surface area (Å²) in [6.45, 7) is 6.14. The highest BCUT2D eigenvalue weighted by molar-refractivity contribution is 7.89. The largest absolute Gasteiger partial charge is 0.378 e. The van der Waals surface area contributed by atoms with Gasteiger partial charge in [-0.2, -0.15) is 0 Å². The van der Waals surface area contributed by atoms with E-state index in [1.54, 1.807) is 29.2 Å². The lowest BCUT2D eigenvalue weighted by Gasteiger charge is -2.36. The number of aryl methyl sites for hydroxylation is 1. The third-order valence-electron chi connectivity index (χ3n) is 5.68. The van der Waals surface area contributed by atoms with Crippen LogP contribution in [0.25, 0.3) is 0 Å². The van der Waals surface area contributed by atoms with Crippen molar-refractivity contribution in [3.8, 4) is 0 Å². The van der Waals surface area contributed by atoms with Gasteiger partial charge in [0.2, 0.25) is 21.8 Å². The lowest BCUT2D eigenvalue weighted by molar-refractivity contribution is -0.148. The molecule has 0 aliphatic carbocycles. The predicted molar refractivity (Wildman–Crippen MR) is 118 cm³/mol. The first-order valence-electron chi connectivity index (χ1n) is 10.6. The third kappa shape index (κ3) is 6.19. The van der Waals surface area contributed by atoms with E-state index in [4.69, 9.17) is 16.3 Å². The average Bonchev–Trinajstić information content (AvgIpc) is 3.07. The summed E-state index contributed by atoms with van der Waals surface area (Å²) < 4.78 is 33.0. The summed E-state index contributed by atoms with van der Waals surface area (Å²) in [4.78, 5) is 29.4. The van der Waals surface area contributed by atoms with Crippen LogP contribution in [-0.2, 0) is 30.8 Å². The number of amides is 2. The zero-order chi connectivity index (χ0) is 22.6. The molecule has 2 aliphatic rings. The van der Waals surface area contributed by atoms with Crippen LogP contribution in [0.15, 0.2) is 24.3 Å². The summed E-state index contributed by atoms with van der Waals surface area (Å²) in [5.74, 6) is -0.647. The molecule has 0 radical (unpaired) electrons. The van der Waals surface area contributed by atoms with Crippen molar-refractivity contribution in [3.63, 3.8) is 0 Å². The Kier molecular flexibility index (Phi) is 7.96. The number of halogens is 1. The van der Waals surface area contributed by atoms with E-state index in [9.17, 15) is 18.0 Å². The fourth-order valence-corrected chi connectivity index (χ4v) is 5.42. The summed E-state index contributed by atoms with van der Waals surface area (Å²) in [5.41, 5.74) is 0.852. The number of benzene rings is 1. The fourth-order valence-electron chi connectivity index (χ4n) is 4.02. The van der Waals surface area contributed by atoms with Crippen molar-refractivity contribution in [1.82, 2.24) is 14.5 Å². The van der Waals surface area contributed by atoms with Crippen molar-refractivity contribution in [2.45, 2.75) is 38.8 Å². The van der Waals surface area contributed by atoms with Gasteiger partial charge in [0, 0.05) is 24.7 Å². The number of rotatable bonds is 8. The van der Waals surface area contributed by atoms with Gasteiger partial charge in [0.1, 0.15) is 12.1 Å². The molecule has 1 aromatic rings. The minimum absolute atomic E-state index is 0.0837. The van der Waals surface area contributed by atoms with Crippen molar-refractivity contribution < 1.29 is 22.7 Å². The molecule has 31 heavy (non-hydrogen) atoms. The Bertz CT molecular complexity index is 885. The number of hydrogen-bond donors (Lipinski definition) is 1. The van der Waals surface area contributed by atoms with Crippen molar-refractivity contribution in [2.24, 2.45) is 5.92 Å². The maximum absolute atomic E-state index is 13.1. The highest BCUT2D eigenvalue weighted by Gasteiger charge is 2.43. The maximum Gasteiger partial charge on any atom is 0.245 e. The molecule has 2 saturated heterocycles. The number of carbonyl (C=O) groups is 2. The van der Waals surface area contributed by atoms with Crippen molar-refractivity contribution in [3.05, 3.63) is 34.9 Å². The molecule has 10 heteroatoms. The molecule has 2 amide bonds. The van der Waals surface area contributed by atoms with Gasteiger partial charge in [-0.3, -0.25) is 9.59 Å². The van der Waals surface area contributed by atoms with Crippen LogP contribution in [0.4, 0.5) is 0 Å². The zero-order valence-corrected chi connectivity index (χ0v) is 19.5. The van der Waals surface area contributed by atoms with E-state index in [0.717, 1.165) is 5.56 Å². The molecule has 1 aromatic carbocycles. The molecular weight excluding hydrogens is 442 g/mol. The van der Waals surface area contributed by atoms with E-state index in [1.807, 2.05) is 13.8 Å². The quantitative estimate of drug-likeness (QED) is 0.616. The Morgan fingerprint density at radius 2 is 1.84 bits per heavy atom. The molecule has 0 aromatic heterocycles. The summed E-state index contributed by atoms with van der Waals surface area (Å²) >= 11 is 5.86. The lowest BCUT2D eigenvalue weighted by Crippen LogP contribution is -2.55. The van der Waals surface area contributed by atoms with Gasteiger partial charge in [-0.1, -0.05) is 37.6 Å². The van der Waals surface area contributed by atoms with Gasteiger partial charge in [-0.25, -0.2) is 13.1 Å². The normalized spacial score (nSPS) is 21.0. The smallest absolute Gasteiger partial charge is 0.245 e. The molecule has 2 heterocycles. The second kappa shape index (κ2) is 10.3. The van der Waals surface area contributed by atoms with Crippen LogP contribution >= 0.6 is 11.6 Å². The van der Waals surface area contributed by atoms with E-state index in [1.165, 1.54) is 4.90 Å². The molecule has 2 atom stereocenters. The molecule has 2 aliphatic heterocycles. The maximum atomic E-state index is 13.1. The highest BCUT2D eigenvalue weighted by Crippen LogP contribution is 2.22. The first-order chi connectivity index (χ1) is 14.7. The number of ether oxygens (including phenoxy) is 1. The highest BCUT2D eigenvalue weighted by atomic mass is 35.5. The molecule has 172 valence electrons. The van der Waals surface area contributed by atoms with Crippen LogP contribution in [0.5, 0.6) is 0 Å². The molecular formula is C21H30ClN3O5S. The number of nitrogens with zero attached hydrogens (tertiary/aromatic N) is 2. The van der Waals surface area contributed by atoms with Crippen LogP contribution in [0.2, 0.25) is 5.02 Å². The number of morpholine rings is 1. The fraction of sp³-hybridized carbons (Fsp3) is 0.619. The van der Waals surface area contributed by atoms with E-state index < -0.39 is 22.1 Å².